The van der Waals surface area contributed by atoms with Gasteiger partial charge in [0.15, 0.2) is 0 Å². The van der Waals surface area contributed by atoms with Crippen molar-refractivity contribution in [2.45, 2.75) is 102 Å². The van der Waals surface area contributed by atoms with Crippen molar-refractivity contribution in [3.63, 3.8) is 0 Å². The lowest BCUT2D eigenvalue weighted by molar-refractivity contribution is -0.124. The number of rotatable bonds is 3. The fraction of sp³-hybridized carbons (Fsp3) is 1.00. The maximum Gasteiger partial charge on any atom is 0.137 e. The molecule has 7 atom stereocenters. The van der Waals surface area contributed by atoms with Gasteiger partial charge in [-0.1, -0.05) is 19.8 Å². The van der Waals surface area contributed by atoms with Crippen molar-refractivity contribution in [1.82, 2.24) is 0 Å². The Bertz CT molecular complexity index is 496. The molecule has 0 saturated heterocycles. The summed E-state index contributed by atoms with van der Waals surface area (Å²) < 4.78 is 50.0. The molecule has 0 bridgehead atoms. The predicted molar refractivity (Wildman–Crippen MR) is 106 cm³/mol. The summed E-state index contributed by atoms with van der Waals surface area (Å²) in [4.78, 5) is 0. The monoisotopic (exact) mass is 400 g/mol. The van der Waals surface area contributed by atoms with Crippen molar-refractivity contribution in [3.8, 4) is 0 Å². The minimum atomic E-state index is -1.66. The Morgan fingerprint density at radius 2 is 1.14 bits per heavy atom. The Labute approximate surface area is 169 Å². The van der Waals surface area contributed by atoms with Gasteiger partial charge in [-0.15, -0.1) is 0 Å². The fourth-order valence-corrected chi connectivity index (χ4v) is 7.38. The lowest BCUT2D eigenvalue weighted by atomic mass is 9.59. The Morgan fingerprint density at radius 1 is 0.607 bits per heavy atom. The Hall–Kier alpha value is -0.250. The average molecular weight is 401 g/mol. The lowest BCUT2D eigenvalue weighted by Gasteiger charge is -2.49. The first-order chi connectivity index (χ1) is 13.5. The summed E-state index contributed by atoms with van der Waals surface area (Å²) in [6.45, 7) is 2.36. The van der Waals surface area contributed by atoms with Crippen molar-refractivity contribution in [3.05, 3.63) is 0 Å². The molecule has 1 nitrogen and oxygen atoms in total. The molecule has 28 heavy (non-hydrogen) atoms. The van der Waals surface area contributed by atoms with E-state index in [1.807, 2.05) is 0 Å². The van der Waals surface area contributed by atoms with E-state index >= 15 is 8.78 Å². The standard InChI is InChI=1S/C24H39F3O/c1-14-3-5-15(6-4-14)16-7-9-17(10-8-16)19-13-18-11-12-20(28-2)23(26)21(18)24(27)22(19)25/h14-24H,3-13H2,1-2H3. The second-order valence-electron chi connectivity index (χ2n) is 10.6. The Balaban J connectivity index is 1.34. The van der Waals surface area contributed by atoms with Gasteiger partial charge in [0.05, 0.1) is 6.10 Å². The third kappa shape index (κ3) is 4.01. The molecule has 4 aliphatic rings. The van der Waals surface area contributed by atoms with Crippen LogP contribution in [-0.4, -0.2) is 31.7 Å². The molecule has 4 heteroatoms. The fourth-order valence-electron chi connectivity index (χ4n) is 7.38. The lowest BCUT2D eigenvalue weighted by Crippen LogP contribution is -2.54. The molecule has 4 saturated carbocycles. The molecular weight excluding hydrogens is 361 g/mol. The Morgan fingerprint density at radius 3 is 1.75 bits per heavy atom. The molecule has 0 aromatic heterocycles. The first kappa shape index (κ1) is 21.0. The van der Waals surface area contributed by atoms with Gasteiger partial charge in [0.1, 0.15) is 18.5 Å². The minimum absolute atomic E-state index is 0.00837. The van der Waals surface area contributed by atoms with E-state index in [2.05, 4.69) is 6.92 Å². The Kier molecular flexibility index (Phi) is 6.64. The van der Waals surface area contributed by atoms with E-state index in [-0.39, 0.29) is 11.8 Å². The van der Waals surface area contributed by atoms with E-state index in [9.17, 15) is 4.39 Å². The van der Waals surface area contributed by atoms with Gasteiger partial charge in [-0.05, 0) is 93.3 Å². The molecular formula is C24H39F3O. The van der Waals surface area contributed by atoms with Crippen LogP contribution in [0.4, 0.5) is 13.2 Å². The summed E-state index contributed by atoms with van der Waals surface area (Å²) in [5, 5.41) is 0. The summed E-state index contributed by atoms with van der Waals surface area (Å²) in [5.41, 5.74) is 0. The van der Waals surface area contributed by atoms with Crippen LogP contribution in [0.15, 0.2) is 0 Å². The molecule has 4 rings (SSSR count). The van der Waals surface area contributed by atoms with E-state index in [0.29, 0.717) is 18.8 Å². The van der Waals surface area contributed by atoms with Crippen LogP contribution < -0.4 is 0 Å². The zero-order valence-corrected chi connectivity index (χ0v) is 17.7. The summed E-state index contributed by atoms with van der Waals surface area (Å²) in [5.74, 6) is 1.83. The third-order valence-electron chi connectivity index (χ3n) is 9.20. The predicted octanol–water partition coefficient (Wildman–Crippen LogP) is 6.69. The molecule has 0 aromatic carbocycles. The number of fused-ring (bicyclic) bond motifs is 1. The van der Waals surface area contributed by atoms with Gasteiger partial charge in [-0.2, -0.15) is 0 Å². The van der Waals surface area contributed by atoms with Gasteiger partial charge in [-0.3, -0.25) is 0 Å². The van der Waals surface area contributed by atoms with Crippen molar-refractivity contribution >= 4 is 0 Å². The molecule has 0 radical (unpaired) electrons. The molecule has 4 fully saturated rings. The van der Waals surface area contributed by atoms with E-state index in [1.54, 1.807) is 0 Å². The second-order valence-corrected chi connectivity index (χ2v) is 10.6. The molecule has 0 N–H and O–H groups in total. The van der Waals surface area contributed by atoms with Gasteiger partial charge in [0.2, 0.25) is 0 Å². The zero-order valence-electron chi connectivity index (χ0n) is 17.7. The van der Waals surface area contributed by atoms with Crippen LogP contribution in [0.3, 0.4) is 0 Å². The van der Waals surface area contributed by atoms with Crippen LogP contribution in [0.1, 0.15) is 77.6 Å². The van der Waals surface area contributed by atoms with Gasteiger partial charge in [-0.25, -0.2) is 13.2 Å². The first-order valence-electron chi connectivity index (χ1n) is 11.9. The number of alkyl halides is 3. The highest BCUT2D eigenvalue weighted by Crippen LogP contribution is 2.52. The molecule has 0 heterocycles. The number of methoxy groups -OCH3 is 1. The molecule has 0 amide bonds. The largest absolute Gasteiger partial charge is 0.378 e. The van der Waals surface area contributed by atoms with Crippen LogP contribution in [0.25, 0.3) is 0 Å². The third-order valence-corrected chi connectivity index (χ3v) is 9.20. The summed E-state index contributed by atoms with van der Waals surface area (Å²) in [6.07, 6.45) is 6.95. The van der Waals surface area contributed by atoms with Gasteiger partial charge in [0.25, 0.3) is 0 Å². The number of hydrogen-bond donors (Lipinski definition) is 0. The van der Waals surface area contributed by atoms with E-state index < -0.39 is 30.5 Å². The number of hydrogen-bond acceptors (Lipinski definition) is 1. The van der Waals surface area contributed by atoms with Crippen molar-refractivity contribution in [1.29, 1.82) is 0 Å². The summed E-state index contributed by atoms with van der Waals surface area (Å²) in [7, 11) is 1.48. The topological polar surface area (TPSA) is 9.23 Å². The maximum atomic E-state index is 15.1. The molecule has 0 aromatic rings. The van der Waals surface area contributed by atoms with Crippen molar-refractivity contribution in [2.75, 3.05) is 7.11 Å². The highest BCUT2D eigenvalue weighted by atomic mass is 19.2. The summed E-state index contributed by atoms with van der Waals surface area (Å²) in [6, 6.07) is 0. The quantitative estimate of drug-likeness (QED) is 0.512. The first-order valence-corrected chi connectivity index (χ1v) is 11.9. The highest BCUT2D eigenvalue weighted by Gasteiger charge is 2.54. The molecule has 4 aliphatic carbocycles. The van der Waals surface area contributed by atoms with Crippen molar-refractivity contribution < 1.29 is 17.9 Å². The van der Waals surface area contributed by atoms with Gasteiger partial charge >= 0.3 is 0 Å². The minimum Gasteiger partial charge on any atom is -0.378 e. The molecule has 0 aliphatic heterocycles. The van der Waals surface area contributed by atoms with Gasteiger partial charge in [0, 0.05) is 13.0 Å². The van der Waals surface area contributed by atoms with Crippen LogP contribution in [-0.2, 0) is 4.74 Å². The number of ether oxygens (including phenoxy) is 1. The second kappa shape index (κ2) is 8.86. The van der Waals surface area contributed by atoms with Gasteiger partial charge < -0.3 is 4.74 Å². The average Bonchev–Trinajstić information content (AvgIpc) is 2.71. The molecule has 7 unspecified atom stereocenters. The van der Waals surface area contributed by atoms with Crippen molar-refractivity contribution in [2.24, 2.45) is 41.4 Å². The van der Waals surface area contributed by atoms with Crippen LogP contribution in [0.2, 0.25) is 0 Å². The smallest absolute Gasteiger partial charge is 0.137 e. The molecule has 162 valence electrons. The highest BCUT2D eigenvalue weighted by molar-refractivity contribution is 5.02. The zero-order chi connectivity index (χ0) is 19.8. The maximum absolute atomic E-state index is 15.1. The molecule has 0 spiro atoms. The van der Waals surface area contributed by atoms with E-state index in [1.165, 1.54) is 45.6 Å². The van der Waals surface area contributed by atoms with Crippen LogP contribution in [0.5, 0.6) is 0 Å². The normalized spacial score (nSPS) is 52.8. The summed E-state index contributed by atoms with van der Waals surface area (Å²) >= 11 is 0. The number of halogens is 3. The van der Waals surface area contributed by atoms with Crippen LogP contribution >= 0.6 is 0 Å². The van der Waals surface area contributed by atoms with E-state index in [4.69, 9.17) is 4.74 Å². The van der Waals surface area contributed by atoms with Crippen LogP contribution in [0, 0.1) is 41.4 Å². The SMILES string of the molecule is COC1CCC2CC(C3CCC(C4CCC(C)CC4)CC3)C(F)C(F)C2C1F. The van der Waals surface area contributed by atoms with E-state index in [0.717, 1.165) is 37.0 Å².